The maximum atomic E-state index is 10.7. The lowest BCUT2D eigenvalue weighted by Crippen LogP contribution is -1.79. The molecule has 0 unspecified atom stereocenters. The zero-order valence-electron chi connectivity index (χ0n) is 6.19. The molecule has 1 aromatic carbocycles. The molecule has 0 atom stereocenters. The molecule has 0 amide bonds. The summed E-state index contributed by atoms with van der Waals surface area (Å²) in [5, 5.41) is 0. The van der Waals surface area contributed by atoms with E-state index >= 15 is 0 Å². The van der Waals surface area contributed by atoms with Gasteiger partial charge in [-0.05, 0) is 5.56 Å². The summed E-state index contributed by atoms with van der Waals surface area (Å²) in [6.07, 6.45) is 1.49. The van der Waals surface area contributed by atoms with E-state index in [4.69, 9.17) is 0 Å². The van der Waals surface area contributed by atoms with E-state index in [9.17, 15) is 4.79 Å². The first-order valence-corrected chi connectivity index (χ1v) is 4.32. The van der Waals surface area contributed by atoms with Crippen molar-refractivity contribution in [1.29, 1.82) is 0 Å². The Morgan fingerprint density at radius 2 is 1.92 bits per heavy atom. The predicted octanol–water partition coefficient (Wildman–Crippen LogP) is 2.37. The number of hydrogen-bond donors (Lipinski definition) is 0. The van der Waals surface area contributed by atoms with Crippen molar-refractivity contribution in [2.24, 2.45) is 0 Å². The van der Waals surface area contributed by atoms with Crippen LogP contribution in [-0.2, 0) is 0 Å². The molecule has 0 saturated carbocycles. The van der Waals surface area contributed by atoms with Gasteiger partial charge >= 0.3 is 4.94 Å². The van der Waals surface area contributed by atoms with E-state index in [0.717, 1.165) is 21.8 Å². The van der Waals surface area contributed by atoms with Crippen LogP contribution in [0.4, 0.5) is 0 Å². The molecule has 0 aliphatic heterocycles. The van der Waals surface area contributed by atoms with E-state index in [2.05, 4.69) is 4.42 Å². The Balaban J connectivity index is 2.51. The molecule has 0 N–H and O–H groups in total. The average Bonchev–Trinajstić information content (AvgIpc) is 2.54. The summed E-state index contributed by atoms with van der Waals surface area (Å²) in [5.74, 6) is 0. The Labute approximate surface area is 73.1 Å². The average molecular weight is 178 g/mol. The molecular formula is C9H6O2S. The van der Waals surface area contributed by atoms with Crippen LogP contribution >= 0.6 is 11.3 Å². The van der Waals surface area contributed by atoms with Gasteiger partial charge in [-0.25, -0.2) is 4.79 Å². The minimum absolute atomic E-state index is 0.256. The van der Waals surface area contributed by atoms with Crippen LogP contribution < -0.4 is 4.94 Å². The monoisotopic (exact) mass is 178 g/mol. The highest BCUT2D eigenvalue weighted by Crippen LogP contribution is 2.20. The van der Waals surface area contributed by atoms with Crippen LogP contribution in [0, 0.1) is 0 Å². The molecule has 0 aliphatic rings. The molecule has 0 saturated heterocycles. The Hall–Kier alpha value is -1.35. The number of benzene rings is 1. The highest BCUT2D eigenvalue weighted by Gasteiger charge is 2.00. The van der Waals surface area contributed by atoms with Crippen molar-refractivity contribution < 1.29 is 4.42 Å². The summed E-state index contributed by atoms with van der Waals surface area (Å²) < 4.78 is 4.68. The number of hydrogen-bond acceptors (Lipinski definition) is 3. The van der Waals surface area contributed by atoms with Gasteiger partial charge in [-0.15, -0.1) is 0 Å². The van der Waals surface area contributed by atoms with Gasteiger partial charge in [-0.1, -0.05) is 41.7 Å². The molecule has 1 heterocycles. The van der Waals surface area contributed by atoms with Crippen LogP contribution in [-0.4, -0.2) is 0 Å². The Morgan fingerprint density at radius 3 is 2.50 bits per heavy atom. The van der Waals surface area contributed by atoms with Crippen LogP contribution in [0.25, 0.3) is 10.4 Å². The van der Waals surface area contributed by atoms with Gasteiger partial charge in [0.2, 0.25) is 0 Å². The third kappa shape index (κ3) is 1.31. The lowest BCUT2D eigenvalue weighted by molar-refractivity contribution is 0.538. The molecule has 1 aromatic heterocycles. The van der Waals surface area contributed by atoms with Gasteiger partial charge in [-0.3, -0.25) is 0 Å². The summed E-state index contributed by atoms with van der Waals surface area (Å²) in [5.41, 5.74) is 1.02. The third-order valence-corrected chi connectivity index (χ3v) is 2.33. The highest BCUT2D eigenvalue weighted by molar-refractivity contribution is 7.12. The summed E-state index contributed by atoms with van der Waals surface area (Å²) >= 11 is 1.12. The minimum Gasteiger partial charge on any atom is -0.422 e. The summed E-state index contributed by atoms with van der Waals surface area (Å²) in [6, 6.07) is 9.69. The van der Waals surface area contributed by atoms with Crippen LogP contribution in [0.5, 0.6) is 0 Å². The van der Waals surface area contributed by atoms with Gasteiger partial charge in [0.1, 0.15) is 6.26 Å². The van der Waals surface area contributed by atoms with Gasteiger partial charge in [0.25, 0.3) is 0 Å². The Kier molecular flexibility index (Phi) is 1.80. The van der Waals surface area contributed by atoms with Crippen molar-refractivity contribution >= 4 is 11.3 Å². The van der Waals surface area contributed by atoms with Crippen LogP contribution in [0.2, 0.25) is 0 Å². The van der Waals surface area contributed by atoms with E-state index in [-0.39, 0.29) is 4.94 Å². The molecule has 3 heteroatoms. The third-order valence-electron chi connectivity index (χ3n) is 1.51. The van der Waals surface area contributed by atoms with Crippen LogP contribution in [0.15, 0.2) is 45.8 Å². The van der Waals surface area contributed by atoms with Crippen molar-refractivity contribution in [2.75, 3.05) is 0 Å². The SMILES string of the molecule is O=c1occ(-c2ccccc2)s1. The molecular weight excluding hydrogens is 172 g/mol. The van der Waals surface area contributed by atoms with E-state index in [0.29, 0.717) is 0 Å². The van der Waals surface area contributed by atoms with Gasteiger partial charge in [-0.2, -0.15) is 0 Å². The minimum atomic E-state index is -0.256. The summed E-state index contributed by atoms with van der Waals surface area (Å²) in [6.45, 7) is 0. The molecule has 0 bridgehead atoms. The molecule has 2 nitrogen and oxygen atoms in total. The largest absolute Gasteiger partial charge is 0.422 e. The first-order valence-electron chi connectivity index (χ1n) is 3.50. The van der Waals surface area contributed by atoms with Crippen molar-refractivity contribution in [3.63, 3.8) is 0 Å². The predicted molar refractivity (Wildman–Crippen MR) is 48.3 cm³/mol. The fraction of sp³-hybridized carbons (Fsp3) is 0. The van der Waals surface area contributed by atoms with Crippen molar-refractivity contribution in [1.82, 2.24) is 0 Å². The maximum absolute atomic E-state index is 10.7. The second kappa shape index (κ2) is 2.95. The van der Waals surface area contributed by atoms with Crippen LogP contribution in [0.3, 0.4) is 0 Å². The maximum Gasteiger partial charge on any atom is 0.395 e. The Bertz CT molecular complexity index is 413. The molecule has 2 aromatic rings. The Morgan fingerprint density at radius 1 is 1.17 bits per heavy atom. The van der Waals surface area contributed by atoms with Gasteiger partial charge < -0.3 is 4.42 Å². The van der Waals surface area contributed by atoms with Crippen molar-refractivity contribution in [2.45, 2.75) is 0 Å². The van der Waals surface area contributed by atoms with E-state index in [1.54, 1.807) is 0 Å². The summed E-state index contributed by atoms with van der Waals surface area (Å²) in [7, 11) is 0. The standard InChI is InChI=1S/C9H6O2S/c10-9-11-6-8(12-9)7-4-2-1-3-5-7/h1-6H. The van der Waals surface area contributed by atoms with Gasteiger partial charge in [0.15, 0.2) is 0 Å². The lowest BCUT2D eigenvalue weighted by Gasteiger charge is -1.91. The van der Waals surface area contributed by atoms with Crippen molar-refractivity contribution in [3.8, 4) is 10.4 Å². The summed E-state index contributed by atoms with van der Waals surface area (Å²) in [4.78, 5) is 11.3. The van der Waals surface area contributed by atoms with E-state index in [1.807, 2.05) is 30.3 Å². The molecule has 0 fully saturated rings. The normalized spacial score (nSPS) is 10.0. The topological polar surface area (TPSA) is 30.2 Å². The fourth-order valence-electron chi connectivity index (χ4n) is 0.969. The first kappa shape index (κ1) is 7.31. The quantitative estimate of drug-likeness (QED) is 0.671. The smallest absolute Gasteiger partial charge is 0.395 e. The second-order valence-corrected chi connectivity index (χ2v) is 3.30. The van der Waals surface area contributed by atoms with E-state index in [1.165, 1.54) is 6.26 Å². The molecule has 12 heavy (non-hydrogen) atoms. The molecule has 60 valence electrons. The molecule has 0 spiro atoms. The van der Waals surface area contributed by atoms with Gasteiger partial charge in [0, 0.05) is 0 Å². The van der Waals surface area contributed by atoms with Crippen molar-refractivity contribution in [3.05, 3.63) is 46.3 Å². The molecule has 0 radical (unpaired) electrons. The lowest BCUT2D eigenvalue weighted by atomic mass is 10.2. The highest BCUT2D eigenvalue weighted by atomic mass is 32.1. The van der Waals surface area contributed by atoms with Crippen LogP contribution in [0.1, 0.15) is 0 Å². The first-order chi connectivity index (χ1) is 5.86. The fourth-order valence-corrected chi connectivity index (χ4v) is 1.59. The number of rotatable bonds is 1. The molecule has 0 aliphatic carbocycles. The second-order valence-electron chi connectivity index (χ2n) is 2.32. The molecule has 2 rings (SSSR count). The zero-order valence-corrected chi connectivity index (χ0v) is 7.01. The van der Waals surface area contributed by atoms with E-state index < -0.39 is 0 Å². The van der Waals surface area contributed by atoms with Gasteiger partial charge in [0.05, 0.1) is 4.88 Å². The zero-order chi connectivity index (χ0) is 8.39.